The monoisotopic (exact) mass is 1690 g/mol. The van der Waals surface area contributed by atoms with Crippen LogP contribution in [0.2, 0.25) is 0 Å². The third-order valence-electron chi connectivity index (χ3n) is 20.9. The summed E-state index contributed by atoms with van der Waals surface area (Å²) in [5.41, 5.74) is 5.85. The molecule has 6 aromatic rings. The molecule has 0 aromatic heterocycles. The highest BCUT2D eigenvalue weighted by Crippen LogP contribution is 2.50. The predicted molar refractivity (Wildman–Crippen MR) is 436 cm³/mol. The number of unbranched alkanes of at least 4 members (excludes halogenated alkanes) is 2. The summed E-state index contributed by atoms with van der Waals surface area (Å²) in [5, 5.41) is 38.8. The lowest BCUT2D eigenvalue weighted by Gasteiger charge is -2.27. The van der Waals surface area contributed by atoms with Crippen molar-refractivity contribution in [3.8, 4) is 5.75 Å². The van der Waals surface area contributed by atoms with E-state index in [4.69, 9.17) is 19.3 Å². The predicted octanol–water partition coefficient (Wildman–Crippen LogP) is 11.0. The van der Waals surface area contributed by atoms with Crippen molar-refractivity contribution < 1.29 is 120 Å². The van der Waals surface area contributed by atoms with Crippen LogP contribution in [-0.2, 0) is 102 Å². The Morgan fingerprint density at radius 2 is 1.20 bits per heavy atom. The number of Topliss-reactive ketones (excluding diaryl/α,β-unsaturated/α-hetero) is 2. The van der Waals surface area contributed by atoms with Crippen molar-refractivity contribution in [1.82, 2.24) is 16.0 Å². The van der Waals surface area contributed by atoms with Crippen LogP contribution in [0.4, 0.5) is 16.2 Å². The molecule has 0 radical (unpaired) electrons. The van der Waals surface area contributed by atoms with Crippen LogP contribution in [0.15, 0.2) is 172 Å². The molecule has 630 valence electrons. The van der Waals surface area contributed by atoms with E-state index in [1.165, 1.54) is 24.3 Å². The number of amides is 3. The molecule has 3 amide bonds. The third kappa shape index (κ3) is 26.1. The number of urea groups is 1. The van der Waals surface area contributed by atoms with E-state index in [0.29, 0.717) is 94.1 Å². The SMILES string of the molecule is CC1(C)C(/C=C/C2=C(Oc3ccc(C[C@H](CC(=O)[C@H](Cc4ccccc4)NC(=O)CCOCCOCCCC(=O)CC[C@H](NC(=O)NCCCC(=O)O)C(=O)O)C(=O)O)cc3)C(=C/C=C3/N(CCCCS(=O)(=O)O)c4cc5cc(S(=O)(=O)O)ccc5cc4C3(C)C)/CCC2)=[N+](CCCCS(=O)(=O)O)c2cc3cc(S(=O)(=O)O)ccc3cc21. The van der Waals surface area contributed by atoms with Crippen molar-refractivity contribution in [2.45, 2.75) is 170 Å². The molecule has 3 aliphatic rings. The number of benzene rings is 6. The molecule has 10 N–H and O–H groups in total. The van der Waals surface area contributed by atoms with E-state index < -0.39 is 123 Å². The van der Waals surface area contributed by atoms with Crippen LogP contribution in [0.5, 0.6) is 5.75 Å². The van der Waals surface area contributed by atoms with Gasteiger partial charge in [-0.15, -0.1) is 0 Å². The molecule has 0 unspecified atom stereocenters. The summed E-state index contributed by atoms with van der Waals surface area (Å²) >= 11 is 0. The molecule has 0 saturated carbocycles. The Bertz CT molecular complexity index is 5370. The fourth-order valence-electron chi connectivity index (χ4n) is 14.7. The molecule has 9 rings (SSSR count). The highest BCUT2D eigenvalue weighted by Gasteiger charge is 2.45. The maximum atomic E-state index is 14.4. The normalized spacial score (nSPS) is 16.3. The molecule has 0 saturated heterocycles. The minimum absolute atomic E-state index is 0.0193. The van der Waals surface area contributed by atoms with E-state index in [2.05, 4.69) is 16.0 Å². The molecule has 34 heteroatoms. The van der Waals surface area contributed by atoms with Gasteiger partial charge in [-0.25, -0.2) is 9.59 Å². The number of ether oxygens (including phenoxy) is 3. The first kappa shape index (κ1) is 91.0. The van der Waals surface area contributed by atoms with Crippen molar-refractivity contribution in [3.63, 3.8) is 0 Å². The van der Waals surface area contributed by atoms with Crippen molar-refractivity contribution >= 4 is 121 Å². The summed E-state index contributed by atoms with van der Waals surface area (Å²) in [6, 6.07) is 28.4. The van der Waals surface area contributed by atoms with Gasteiger partial charge in [-0.3, -0.25) is 42.2 Å². The van der Waals surface area contributed by atoms with Crippen molar-refractivity contribution in [1.29, 1.82) is 0 Å². The van der Waals surface area contributed by atoms with Gasteiger partial charge in [-0.1, -0.05) is 74.5 Å². The summed E-state index contributed by atoms with van der Waals surface area (Å²) in [4.78, 5) is 89.4. The van der Waals surface area contributed by atoms with E-state index in [1.807, 2.05) is 85.7 Å². The maximum Gasteiger partial charge on any atom is 0.326 e. The van der Waals surface area contributed by atoms with Gasteiger partial charge in [0, 0.05) is 92.7 Å². The smallest absolute Gasteiger partial charge is 0.326 e. The number of hydrogen-bond donors (Lipinski definition) is 10. The summed E-state index contributed by atoms with van der Waals surface area (Å²) in [6.07, 6.45) is 9.60. The fraction of sp³-hybridized carbons (Fsp3) is 0.422. The molecule has 2 heterocycles. The Kier molecular flexibility index (Phi) is 31.2. The summed E-state index contributed by atoms with van der Waals surface area (Å²) in [7, 11) is -17.8. The zero-order valence-electron chi connectivity index (χ0n) is 65.4. The number of ketones is 2. The van der Waals surface area contributed by atoms with Gasteiger partial charge in [-0.05, 0) is 201 Å². The van der Waals surface area contributed by atoms with Gasteiger partial charge in [0.25, 0.3) is 40.5 Å². The molecule has 0 fully saturated rings. The maximum absolute atomic E-state index is 14.4. The second kappa shape index (κ2) is 40.0. The van der Waals surface area contributed by atoms with Crippen LogP contribution in [0.25, 0.3) is 21.5 Å². The fourth-order valence-corrected chi connectivity index (χ4v) is 16.9. The lowest BCUT2D eigenvalue weighted by molar-refractivity contribution is -0.438. The Labute approximate surface area is 680 Å². The van der Waals surface area contributed by atoms with Gasteiger partial charge < -0.3 is 50.4 Å². The second-order valence-electron chi connectivity index (χ2n) is 30.3. The van der Waals surface area contributed by atoms with E-state index in [9.17, 15) is 95.7 Å². The van der Waals surface area contributed by atoms with Gasteiger partial charge in [-0.2, -0.15) is 38.2 Å². The third-order valence-corrected chi connectivity index (χ3v) is 24.2. The van der Waals surface area contributed by atoms with Gasteiger partial charge in [0.05, 0.1) is 58.5 Å². The van der Waals surface area contributed by atoms with Crippen molar-refractivity contribution in [3.05, 3.63) is 184 Å². The van der Waals surface area contributed by atoms with Crippen LogP contribution in [-0.4, -0.2) is 189 Å². The first-order valence-electron chi connectivity index (χ1n) is 38.4. The number of carbonyl (C=O) groups is 7. The molecular formula is C83H100N5O25S4+. The number of anilines is 1. The number of carboxylic acid groups (broad SMARTS) is 3. The highest BCUT2D eigenvalue weighted by atomic mass is 32.2. The highest BCUT2D eigenvalue weighted by molar-refractivity contribution is 7.86. The Balaban J connectivity index is 0.944. The summed E-state index contributed by atoms with van der Waals surface area (Å²) in [5.74, 6) is -6.39. The van der Waals surface area contributed by atoms with Crippen LogP contribution >= 0.6 is 0 Å². The van der Waals surface area contributed by atoms with E-state index in [-0.39, 0.29) is 126 Å². The zero-order chi connectivity index (χ0) is 85.2. The first-order chi connectivity index (χ1) is 55.1. The van der Waals surface area contributed by atoms with Crippen LogP contribution in [0.3, 0.4) is 0 Å². The average Bonchev–Trinajstić information content (AvgIpc) is 1.58. The topological polar surface area (TPSA) is 468 Å². The Hall–Kier alpha value is -9.88. The molecule has 117 heavy (non-hydrogen) atoms. The van der Waals surface area contributed by atoms with Gasteiger partial charge >= 0.3 is 23.9 Å². The average molecular weight is 1700 g/mol. The summed E-state index contributed by atoms with van der Waals surface area (Å²) < 4.78 is 157. The molecule has 1 aliphatic carbocycles. The lowest BCUT2D eigenvalue weighted by atomic mass is 9.80. The molecule has 0 spiro atoms. The minimum Gasteiger partial charge on any atom is -0.481 e. The van der Waals surface area contributed by atoms with E-state index in [1.54, 1.807) is 66.7 Å². The molecule has 0 bridgehead atoms. The first-order valence-corrected chi connectivity index (χ1v) is 44.5. The molecule has 3 atom stereocenters. The van der Waals surface area contributed by atoms with Crippen LogP contribution < -0.4 is 25.6 Å². The molecule has 30 nitrogen and oxygen atoms in total. The van der Waals surface area contributed by atoms with Crippen LogP contribution in [0.1, 0.15) is 146 Å². The number of carbonyl (C=O) groups excluding carboxylic acids is 4. The van der Waals surface area contributed by atoms with E-state index in [0.717, 1.165) is 33.7 Å². The second-order valence-corrected chi connectivity index (χ2v) is 36.3. The van der Waals surface area contributed by atoms with Gasteiger partial charge in [0.2, 0.25) is 11.6 Å². The zero-order valence-corrected chi connectivity index (χ0v) is 68.7. The number of fused-ring (bicyclic) bond motifs is 4. The number of nitrogens with one attached hydrogen (secondary N) is 3. The Morgan fingerprint density at radius 3 is 1.82 bits per heavy atom. The van der Waals surface area contributed by atoms with Gasteiger partial charge in [0.1, 0.15) is 29.9 Å². The van der Waals surface area contributed by atoms with Crippen molar-refractivity contribution in [2.24, 2.45) is 5.92 Å². The minimum atomic E-state index is -4.59. The summed E-state index contributed by atoms with van der Waals surface area (Å²) in [6.45, 7) is 8.91. The number of aliphatic carboxylic acids is 3. The number of nitrogens with zero attached hydrogens (tertiary/aromatic N) is 2. The molecular weight excluding hydrogens is 1600 g/mol. The van der Waals surface area contributed by atoms with E-state index >= 15 is 0 Å². The van der Waals surface area contributed by atoms with Gasteiger partial charge in [0.15, 0.2) is 11.5 Å². The van der Waals surface area contributed by atoms with Crippen LogP contribution in [0, 0.1) is 5.92 Å². The standard InChI is InChI=1S/C83H99N5O25S4/c1-82(2)67-49-58-23-30-65(116(105,106)107)47-60(58)51-71(67)87(37-8-10-43-114(99,100)101)74(82)33-25-56-17-12-18-57(26-34-75-83(3,4)68-50-59-24-31-66(117(108,109)110)48-61(59)52-72(68)88(75)38-9-11-44-115(102,103)104)78(56)113-64-28-21-55(22-29-64)45-62(79(94)95)53-73(90)70(46-54-15-6-5-7-16-54)85-76(91)35-40-112-42-41-111-39-14-19-63(89)27-32-69(80(96)97)86-81(98)84-36-13-20-77(92)93/h5-7,15-16,21-26,28-31,33-34,47-52,62,69-70H,8-14,17-20,27,32,35-46,53H2,1-4H3,(H9-,84,85,86,91,92,93,94,95,96,97,98,99,100,101,102,103,104,105,106,107,108,109,110)/p+1/t62-,69+,70+/m1/s1. The number of rotatable bonds is 45. The number of hydrogen-bond acceptors (Lipinski definition) is 19. The lowest BCUT2D eigenvalue weighted by Crippen LogP contribution is -2.46. The number of carboxylic acids is 3. The molecule has 6 aromatic carbocycles. The quantitative estimate of drug-likeness (QED) is 0.00964. The largest absolute Gasteiger partial charge is 0.481 e. The number of allylic oxidation sites excluding steroid dienone is 7. The Morgan fingerprint density at radius 1 is 0.573 bits per heavy atom. The molecule has 2 aliphatic heterocycles. The van der Waals surface area contributed by atoms with Crippen molar-refractivity contribution in [2.75, 3.05) is 62.5 Å².